The molecule has 6 rings (SSSR count). The zero-order chi connectivity index (χ0) is 23.4. The lowest BCUT2D eigenvalue weighted by Gasteiger charge is -2.21. The topological polar surface area (TPSA) is 55.4 Å². The van der Waals surface area contributed by atoms with Crippen LogP contribution in [-0.2, 0) is 18.7 Å². The Hall–Kier alpha value is -2.36. The maximum atomic E-state index is 13.9. The third-order valence-corrected chi connectivity index (χ3v) is 8.74. The first kappa shape index (κ1) is 22.1. The number of hydrogen-bond donors (Lipinski definition) is 0. The van der Waals surface area contributed by atoms with Gasteiger partial charge in [-0.15, -0.1) is 21.5 Å². The number of rotatable bonds is 4. The summed E-state index contributed by atoms with van der Waals surface area (Å²) in [4.78, 5) is 18.3. The predicted molar refractivity (Wildman–Crippen MR) is 140 cm³/mol. The largest absolute Gasteiger partial charge is 0.301 e. The molecule has 3 aromatic heterocycles. The Balaban J connectivity index is 1.58. The van der Waals surface area contributed by atoms with Crippen molar-refractivity contribution in [3.8, 4) is 5.69 Å². The van der Waals surface area contributed by atoms with Gasteiger partial charge in [0.15, 0.2) is 5.16 Å². The third kappa shape index (κ3) is 3.74. The van der Waals surface area contributed by atoms with Crippen LogP contribution < -0.4 is 5.56 Å². The van der Waals surface area contributed by atoms with Gasteiger partial charge in [-0.1, -0.05) is 47.1 Å². The summed E-state index contributed by atoms with van der Waals surface area (Å²) < 4.78 is 3.69. The van der Waals surface area contributed by atoms with E-state index in [2.05, 4.69) is 22.1 Å². The lowest BCUT2D eigenvalue weighted by molar-refractivity contribution is 0.318. The van der Waals surface area contributed by atoms with Gasteiger partial charge in [0.1, 0.15) is 4.83 Å². The van der Waals surface area contributed by atoms with E-state index in [0.29, 0.717) is 21.6 Å². The lowest BCUT2D eigenvalue weighted by atomic mass is 10.1. The molecule has 1 aliphatic heterocycles. The van der Waals surface area contributed by atoms with Crippen molar-refractivity contribution < 1.29 is 0 Å². The summed E-state index contributed by atoms with van der Waals surface area (Å²) in [6.45, 7) is 1.77. The first-order chi connectivity index (χ1) is 16.5. The molecule has 0 bridgehead atoms. The van der Waals surface area contributed by atoms with Gasteiger partial charge in [-0.2, -0.15) is 0 Å². The minimum Gasteiger partial charge on any atom is -0.301 e. The van der Waals surface area contributed by atoms with Crippen LogP contribution in [-0.4, -0.2) is 37.7 Å². The molecule has 0 atom stereocenters. The minimum atomic E-state index is -0.0615. The Morgan fingerprint density at radius 1 is 1.03 bits per heavy atom. The second-order valence-electron chi connectivity index (χ2n) is 8.32. The van der Waals surface area contributed by atoms with Crippen LogP contribution in [0.2, 0.25) is 10.0 Å². The van der Waals surface area contributed by atoms with Crippen LogP contribution in [0.3, 0.4) is 0 Å². The van der Waals surface area contributed by atoms with E-state index < -0.39 is 0 Å². The highest BCUT2D eigenvalue weighted by Crippen LogP contribution is 2.36. The van der Waals surface area contributed by atoms with E-state index in [9.17, 15) is 4.79 Å². The smallest absolute Gasteiger partial charge is 0.268 e. The first-order valence-electron chi connectivity index (χ1n) is 10.8. The summed E-state index contributed by atoms with van der Waals surface area (Å²) in [6.07, 6.45) is 0.850. The molecule has 0 saturated heterocycles. The lowest BCUT2D eigenvalue weighted by Crippen LogP contribution is -2.27. The Labute approximate surface area is 213 Å². The number of halogens is 2. The summed E-state index contributed by atoms with van der Waals surface area (Å²) in [5.74, 6) is 1.22. The Kier molecular flexibility index (Phi) is 5.66. The number of thioether (sulfide) groups is 1. The number of thiophene rings is 1. The maximum Gasteiger partial charge on any atom is 0.268 e. The molecule has 0 spiro atoms. The molecule has 34 heavy (non-hydrogen) atoms. The summed E-state index contributed by atoms with van der Waals surface area (Å²) in [5, 5.41) is 11.8. The first-order valence-corrected chi connectivity index (χ1v) is 13.3. The fourth-order valence-electron chi connectivity index (χ4n) is 4.33. The van der Waals surface area contributed by atoms with Crippen LogP contribution >= 0.6 is 46.3 Å². The summed E-state index contributed by atoms with van der Waals surface area (Å²) >= 11 is 15.4. The van der Waals surface area contributed by atoms with Crippen LogP contribution in [0.25, 0.3) is 21.7 Å². The van der Waals surface area contributed by atoms with Gasteiger partial charge in [0.25, 0.3) is 5.56 Å². The number of nitrogens with zero attached hydrogens (tertiary/aromatic N) is 5. The Bertz CT molecular complexity index is 1590. The van der Waals surface area contributed by atoms with Crippen LogP contribution in [0.4, 0.5) is 0 Å². The van der Waals surface area contributed by atoms with E-state index in [-0.39, 0.29) is 5.56 Å². The summed E-state index contributed by atoms with van der Waals surface area (Å²) in [7, 11) is 2.11. The molecule has 0 fully saturated rings. The molecule has 4 heterocycles. The normalized spacial score (nSPS) is 14.2. The Morgan fingerprint density at radius 2 is 1.74 bits per heavy atom. The molecule has 172 valence electrons. The van der Waals surface area contributed by atoms with E-state index in [1.54, 1.807) is 39.8 Å². The zero-order valence-electron chi connectivity index (χ0n) is 18.2. The van der Waals surface area contributed by atoms with Gasteiger partial charge in [-0.25, -0.2) is 8.97 Å². The number of likely N-dealkylation sites (N-methyl/N-ethyl adjacent to an activating group) is 1. The zero-order valence-corrected chi connectivity index (χ0v) is 21.3. The average molecular weight is 528 g/mol. The van der Waals surface area contributed by atoms with Gasteiger partial charge < -0.3 is 4.90 Å². The molecular formula is C24H19Cl2N5OS2. The van der Waals surface area contributed by atoms with Crippen molar-refractivity contribution >= 4 is 62.3 Å². The van der Waals surface area contributed by atoms with Crippen molar-refractivity contribution in [1.82, 2.24) is 24.1 Å². The number of benzene rings is 2. The highest BCUT2D eigenvalue weighted by atomic mass is 35.5. The van der Waals surface area contributed by atoms with Gasteiger partial charge in [-0.3, -0.25) is 4.79 Å². The monoisotopic (exact) mass is 527 g/mol. The minimum absolute atomic E-state index is 0.0615. The fourth-order valence-corrected chi connectivity index (χ4v) is 6.94. The Morgan fingerprint density at radius 3 is 2.47 bits per heavy atom. The second-order valence-corrected chi connectivity index (χ2v) is 11.2. The van der Waals surface area contributed by atoms with Crippen LogP contribution in [0.1, 0.15) is 16.0 Å². The highest BCUT2D eigenvalue weighted by molar-refractivity contribution is 7.98. The summed E-state index contributed by atoms with van der Waals surface area (Å²) in [6, 6.07) is 15.1. The molecule has 6 nitrogen and oxygen atoms in total. The fraction of sp³-hybridized carbons (Fsp3) is 0.208. The molecule has 1 aliphatic rings. The van der Waals surface area contributed by atoms with Crippen molar-refractivity contribution in [2.75, 3.05) is 13.6 Å². The van der Waals surface area contributed by atoms with Crippen molar-refractivity contribution in [2.24, 2.45) is 0 Å². The third-order valence-electron chi connectivity index (χ3n) is 6.03. The van der Waals surface area contributed by atoms with E-state index >= 15 is 0 Å². The molecule has 5 aromatic rings. The molecule has 2 aromatic carbocycles. The molecule has 0 saturated carbocycles. The number of aromatic nitrogens is 4. The molecule has 0 unspecified atom stereocenters. The molecule has 10 heteroatoms. The van der Waals surface area contributed by atoms with E-state index in [1.165, 1.54) is 4.88 Å². The maximum absolute atomic E-state index is 13.9. The van der Waals surface area contributed by atoms with Crippen molar-refractivity contribution in [1.29, 1.82) is 0 Å². The molecule has 0 aliphatic carbocycles. The quantitative estimate of drug-likeness (QED) is 0.281. The second kappa shape index (κ2) is 8.70. The SMILES string of the molecule is CN1CCc2c(sc3c2c(=O)n(-c2ccc(Cl)cc2)c2nnc(SCc4ccc(Cl)cc4)n32)C1. The van der Waals surface area contributed by atoms with Crippen LogP contribution in [0.5, 0.6) is 0 Å². The standard InChI is InChI=1S/C24H19Cl2N5OS2/c1-29-11-10-18-19(12-29)34-22-20(18)21(32)30(17-8-6-16(26)7-9-17)23-27-28-24(31(22)23)33-13-14-2-4-15(25)5-3-14/h2-9H,10-13H2,1H3. The van der Waals surface area contributed by atoms with E-state index in [4.69, 9.17) is 23.2 Å². The van der Waals surface area contributed by atoms with Crippen molar-refractivity contribution in [3.05, 3.63) is 84.9 Å². The van der Waals surface area contributed by atoms with E-state index in [1.807, 2.05) is 40.8 Å². The van der Waals surface area contributed by atoms with Crippen LogP contribution in [0.15, 0.2) is 58.5 Å². The van der Waals surface area contributed by atoms with Crippen molar-refractivity contribution in [3.63, 3.8) is 0 Å². The van der Waals surface area contributed by atoms with Gasteiger partial charge in [0.2, 0.25) is 5.78 Å². The number of fused-ring (bicyclic) bond motifs is 5. The van der Waals surface area contributed by atoms with Gasteiger partial charge in [-0.05, 0) is 61.0 Å². The highest BCUT2D eigenvalue weighted by Gasteiger charge is 2.26. The predicted octanol–water partition coefficient (Wildman–Crippen LogP) is 5.68. The molecule has 0 N–H and O–H groups in total. The van der Waals surface area contributed by atoms with Crippen molar-refractivity contribution in [2.45, 2.75) is 23.9 Å². The summed E-state index contributed by atoms with van der Waals surface area (Å²) in [5.41, 5.74) is 2.94. The van der Waals surface area contributed by atoms with Gasteiger partial charge >= 0.3 is 0 Å². The van der Waals surface area contributed by atoms with Gasteiger partial charge in [0, 0.05) is 33.8 Å². The van der Waals surface area contributed by atoms with Crippen LogP contribution in [0, 0.1) is 0 Å². The number of hydrogen-bond acceptors (Lipinski definition) is 6. The molecule has 0 radical (unpaired) electrons. The van der Waals surface area contributed by atoms with E-state index in [0.717, 1.165) is 51.7 Å². The molecule has 0 amide bonds. The average Bonchev–Trinajstić information content (AvgIpc) is 3.41. The molecular weight excluding hydrogens is 509 g/mol. The van der Waals surface area contributed by atoms with Gasteiger partial charge in [0.05, 0.1) is 11.1 Å².